The molecule has 2 aromatic rings. The molecule has 0 unspecified atom stereocenters. The number of benzene rings is 1. The second-order valence-electron chi connectivity index (χ2n) is 6.44. The molecule has 144 valence electrons. The first-order valence-corrected chi connectivity index (χ1v) is 11.2. The predicted octanol–water partition coefficient (Wildman–Crippen LogP) is 3.01. The summed E-state index contributed by atoms with van der Waals surface area (Å²) in [6.07, 6.45) is 3.18. The van der Waals surface area contributed by atoms with Crippen LogP contribution < -0.4 is 4.90 Å². The molecule has 3 rings (SSSR count). The zero-order valence-electron chi connectivity index (χ0n) is 15.4. The van der Waals surface area contributed by atoms with Gasteiger partial charge in [0.05, 0.1) is 10.3 Å². The van der Waals surface area contributed by atoms with Crippen LogP contribution in [0.4, 0.5) is 5.69 Å². The van der Waals surface area contributed by atoms with Gasteiger partial charge in [-0.2, -0.15) is 4.31 Å². The summed E-state index contributed by atoms with van der Waals surface area (Å²) in [6.45, 7) is 2.95. The SMILES string of the molecule is C[C@@H](Sc1ccc(S(=O)(=O)N2CCCC2)cn1)C(=O)N(C)c1ccccc1. The number of aromatic nitrogens is 1. The van der Waals surface area contributed by atoms with Crippen LogP contribution in [-0.4, -0.2) is 49.0 Å². The van der Waals surface area contributed by atoms with Gasteiger partial charge < -0.3 is 4.90 Å². The number of nitrogens with zero attached hydrogens (tertiary/aromatic N) is 3. The zero-order chi connectivity index (χ0) is 19.4. The summed E-state index contributed by atoms with van der Waals surface area (Å²) in [5, 5.41) is 0.279. The van der Waals surface area contributed by atoms with E-state index in [2.05, 4.69) is 4.98 Å². The standard InChI is InChI=1S/C19H23N3O3S2/c1-15(19(23)21(2)16-8-4-3-5-9-16)26-18-11-10-17(14-20-18)27(24,25)22-12-6-7-13-22/h3-5,8-11,14-15H,6-7,12-13H2,1-2H3/t15-/m1/s1. The molecule has 1 aliphatic heterocycles. The van der Waals surface area contributed by atoms with E-state index in [1.54, 1.807) is 24.1 Å². The maximum atomic E-state index is 12.6. The maximum Gasteiger partial charge on any atom is 0.244 e. The molecule has 6 nitrogen and oxygen atoms in total. The molecule has 27 heavy (non-hydrogen) atoms. The first-order chi connectivity index (χ1) is 12.9. The molecular weight excluding hydrogens is 382 g/mol. The van der Waals surface area contributed by atoms with Gasteiger partial charge in [0, 0.05) is 32.0 Å². The largest absolute Gasteiger partial charge is 0.315 e. The van der Waals surface area contributed by atoms with Gasteiger partial charge >= 0.3 is 0 Å². The number of carbonyl (C=O) groups is 1. The third-order valence-corrected chi connectivity index (χ3v) is 7.45. The van der Waals surface area contributed by atoms with Crippen LogP contribution in [0.25, 0.3) is 0 Å². The van der Waals surface area contributed by atoms with Crippen LogP contribution in [0.3, 0.4) is 0 Å². The molecule has 1 saturated heterocycles. The van der Waals surface area contributed by atoms with Gasteiger partial charge in [-0.05, 0) is 44.0 Å². The number of hydrogen-bond donors (Lipinski definition) is 0. The second kappa shape index (κ2) is 8.41. The molecule has 0 saturated carbocycles. The average Bonchev–Trinajstić information content (AvgIpc) is 3.23. The molecule has 1 aromatic heterocycles. The first-order valence-electron chi connectivity index (χ1n) is 8.85. The minimum Gasteiger partial charge on any atom is -0.315 e. The molecule has 1 aromatic carbocycles. The summed E-state index contributed by atoms with van der Waals surface area (Å²) in [5.41, 5.74) is 0.829. The number of rotatable bonds is 6. The van der Waals surface area contributed by atoms with Crippen molar-refractivity contribution in [1.82, 2.24) is 9.29 Å². The molecule has 1 aliphatic rings. The van der Waals surface area contributed by atoms with Gasteiger partial charge in [-0.15, -0.1) is 0 Å². The van der Waals surface area contributed by atoms with Crippen LogP contribution in [0.2, 0.25) is 0 Å². The van der Waals surface area contributed by atoms with Crippen molar-refractivity contribution in [3.05, 3.63) is 48.7 Å². The lowest BCUT2D eigenvalue weighted by Gasteiger charge is -2.21. The normalized spacial score (nSPS) is 16.2. The van der Waals surface area contributed by atoms with Gasteiger partial charge in [-0.1, -0.05) is 30.0 Å². The van der Waals surface area contributed by atoms with Gasteiger partial charge in [0.2, 0.25) is 15.9 Å². The van der Waals surface area contributed by atoms with Gasteiger partial charge in [0.25, 0.3) is 0 Å². The summed E-state index contributed by atoms with van der Waals surface area (Å²) in [7, 11) is -1.72. The van der Waals surface area contributed by atoms with Crippen LogP contribution in [0.5, 0.6) is 0 Å². The van der Waals surface area contributed by atoms with Crippen LogP contribution in [0, 0.1) is 0 Å². The molecule has 1 fully saturated rings. The molecule has 0 N–H and O–H groups in total. The van der Waals surface area contributed by atoms with Crippen LogP contribution >= 0.6 is 11.8 Å². The molecule has 8 heteroatoms. The van der Waals surface area contributed by atoms with E-state index in [-0.39, 0.29) is 16.1 Å². The van der Waals surface area contributed by atoms with Crippen molar-refractivity contribution in [2.75, 3.05) is 25.0 Å². The maximum absolute atomic E-state index is 12.6. The molecule has 0 bridgehead atoms. The van der Waals surface area contributed by atoms with Crippen molar-refractivity contribution in [3.8, 4) is 0 Å². The Labute approximate surface area is 164 Å². The monoisotopic (exact) mass is 405 g/mol. The third-order valence-electron chi connectivity index (χ3n) is 4.53. The van der Waals surface area contributed by atoms with Gasteiger partial charge in [0.1, 0.15) is 4.90 Å². The molecular formula is C19H23N3O3S2. The minimum absolute atomic E-state index is 0.0400. The first kappa shape index (κ1) is 19.9. The van der Waals surface area contributed by atoms with Crippen LogP contribution in [0.15, 0.2) is 58.6 Å². The summed E-state index contributed by atoms with van der Waals surface area (Å²) in [4.78, 5) is 18.7. The highest BCUT2D eigenvalue weighted by Gasteiger charge is 2.27. The number of anilines is 1. The van der Waals surface area contributed by atoms with Crippen molar-refractivity contribution in [2.45, 2.75) is 34.9 Å². The summed E-state index contributed by atoms with van der Waals surface area (Å²) in [5.74, 6) is -0.0400. The Kier molecular flexibility index (Phi) is 6.18. The Morgan fingerprint density at radius 2 is 1.81 bits per heavy atom. The van der Waals surface area contributed by atoms with Crippen molar-refractivity contribution < 1.29 is 13.2 Å². The Hall–Kier alpha value is -1.90. The van der Waals surface area contributed by atoms with E-state index < -0.39 is 10.0 Å². The molecule has 1 amide bonds. The molecule has 0 radical (unpaired) electrons. The predicted molar refractivity (Wildman–Crippen MR) is 107 cm³/mol. The summed E-state index contributed by atoms with van der Waals surface area (Å²) < 4.78 is 26.6. The quantitative estimate of drug-likeness (QED) is 0.691. The fourth-order valence-corrected chi connectivity index (χ4v) is 5.29. The Morgan fingerprint density at radius 1 is 1.15 bits per heavy atom. The Morgan fingerprint density at radius 3 is 2.41 bits per heavy atom. The summed E-state index contributed by atoms with van der Waals surface area (Å²) in [6, 6.07) is 12.7. The van der Waals surface area contributed by atoms with Gasteiger partial charge in [0.15, 0.2) is 0 Å². The highest BCUT2D eigenvalue weighted by molar-refractivity contribution is 8.00. The fourth-order valence-electron chi connectivity index (χ4n) is 2.95. The van der Waals surface area contributed by atoms with Crippen molar-refractivity contribution in [1.29, 1.82) is 0 Å². The van der Waals surface area contributed by atoms with E-state index >= 15 is 0 Å². The van der Waals surface area contributed by atoms with E-state index in [4.69, 9.17) is 0 Å². The lowest BCUT2D eigenvalue weighted by Crippen LogP contribution is -2.33. The smallest absolute Gasteiger partial charge is 0.244 e. The fraction of sp³-hybridized carbons (Fsp3) is 0.368. The third kappa shape index (κ3) is 4.51. The lowest BCUT2D eigenvalue weighted by atomic mass is 10.3. The molecule has 2 heterocycles. The van der Waals surface area contributed by atoms with Crippen molar-refractivity contribution in [3.63, 3.8) is 0 Å². The Bertz CT molecular complexity index is 880. The van der Waals surface area contributed by atoms with Crippen LogP contribution in [0.1, 0.15) is 19.8 Å². The van der Waals surface area contributed by atoms with Crippen molar-refractivity contribution >= 4 is 33.4 Å². The number of carbonyl (C=O) groups excluding carboxylic acids is 1. The summed E-state index contributed by atoms with van der Waals surface area (Å²) >= 11 is 1.32. The van der Waals surface area contributed by atoms with Gasteiger partial charge in [-0.25, -0.2) is 13.4 Å². The topological polar surface area (TPSA) is 70.6 Å². The molecule has 0 aliphatic carbocycles. The number of pyridine rings is 1. The second-order valence-corrected chi connectivity index (χ2v) is 9.74. The molecule has 1 atom stereocenters. The number of para-hydroxylation sites is 1. The number of hydrogen-bond acceptors (Lipinski definition) is 5. The van der Waals surface area contributed by atoms with E-state index in [1.165, 1.54) is 22.3 Å². The zero-order valence-corrected chi connectivity index (χ0v) is 17.0. The van der Waals surface area contributed by atoms with E-state index in [9.17, 15) is 13.2 Å². The van der Waals surface area contributed by atoms with Crippen molar-refractivity contribution in [2.24, 2.45) is 0 Å². The number of thioether (sulfide) groups is 1. The minimum atomic E-state index is -3.46. The van der Waals surface area contributed by atoms with E-state index in [0.29, 0.717) is 18.1 Å². The molecule has 0 spiro atoms. The number of amides is 1. The lowest BCUT2D eigenvalue weighted by molar-refractivity contribution is -0.117. The van der Waals surface area contributed by atoms with Crippen LogP contribution in [-0.2, 0) is 14.8 Å². The van der Waals surface area contributed by atoms with Gasteiger partial charge in [-0.3, -0.25) is 4.79 Å². The Balaban J connectivity index is 1.66. The highest BCUT2D eigenvalue weighted by Crippen LogP contribution is 2.26. The van der Waals surface area contributed by atoms with E-state index in [0.717, 1.165) is 18.5 Å². The highest BCUT2D eigenvalue weighted by atomic mass is 32.2. The van der Waals surface area contributed by atoms with E-state index in [1.807, 2.05) is 37.3 Å². The number of sulfonamides is 1. The average molecular weight is 406 g/mol.